The summed E-state index contributed by atoms with van der Waals surface area (Å²) in [6, 6.07) is 5.26. The van der Waals surface area contributed by atoms with Crippen LogP contribution in [0.2, 0.25) is 0 Å². The van der Waals surface area contributed by atoms with Gasteiger partial charge in [-0.1, -0.05) is 19.1 Å². The van der Waals surface area contributed by atoms with E-state index in [9.17, 15) is 9.59 Å². The Morgan fingerprint density at radius 3 is 2.94 bits per heavy atom. The Kier molecular flexibility index (Phi) is 2.64. The minimum Gasteiger partial charge on any atom is -0.423 e. The van der Waals surface area contributed by atoms with Gasteiger partial charge >= 0.3 is 11.9 Å². The fraction of sp³-hybridized carbons (Fsp3) is 0.333. The van der Waals surface area contributed by atoms with E-state index in [2.05, 4.69) is 0 Å². The smallest absolute Gasteiger partial charge is 0.314 e. The monoisotopic (exact) mass is 220 g/mol. The molecule has 1 aliphatic rings. The van der Waals surface area contributed by atoms with Crippen molar-refractivity contribution in [3.05, 3.63) is 23.8 Å². The van der Waals surface area contributed by atoms with E-state index in [4.69, 9.17) is 9.47 Å². The highest BCUT2D eigenvalue weighted by Gasteiger charge is 2.27. The number of hydrogen-bond acceptors (Lipinski definition) is 4. The number of benzene rings is 1. The van der Waals surface area contributed by atoms with Gasteiger partial charge in [0.25, 0.3) is 0 Å². The Morgan fingerprint density at radius 2 is 2.25 bits per heavy atom. The van der Waals surface area contributed by atoms with Crippen molar-refractivity contribution < 1.29 is 19.1 Å². The van der Waals surface area contributed by atoms with Crippen LogP contribution in [-0.4, -0.2) is 11.9 Å². The van der Waals surface area contributed by atoms with Crippen molar-refractivity contribution in [3.8, 4) is 11.5 Å². The molecule has 0 N–H and O–H groups in total. The van der Waals surface area contributed by atoms with Crippen LogP contribution in [0.4, 0.5) is 0 Å². The zero-order valence-corrected chi connectivity index (χ0v) is 9.15. The summed E-state index contributed by atoms with van der Waals surface area (Å²) in [4.78, 5) is 22.3. The number of fused-ring (bicyclic) bond motifs is 1. The lowest BCUT2D eigenvalue weighted by atomic mass is 9.97. The normalized spacial score (nSPS) is 18.6. The number of ether oxygens (including phenoxy) is 2. The van der Waals surface area contributed by atoms with E-state index in [0.29, 0.717) is 17.9 Å². The third kappa shape index (κ3) is 1.91. The van der Waals surface area contributed by atoms with Gasteiger partial charge in [-0.2, -0.15) is 0 Å². The van der Waals surface area contributed by atoms with Crippen LogP contribution in [0.1, 0.15) is 19.4 Å². The molecule has 1 aromatic rings. The first-order valence-corrected chi connectivity index (χ1v) is 5.10. The number of hydrogen-bond donors (Lipinski definition) is 0. The van der Waals surface area contributed by atoms with Crippen LogP contribution < -0.4 is 9.47 Å². The van der Waals surface area contributed by atoms with Crippen molar-refractivity contribution in [1.82, 2.24) is 0 Å². The van der Waals surface area contributed by atoms with Crippen LogP contribution in [0.25, 0.3) is 0 Å². The van der Waals surface area contributed by atoms with Gasteiger partial charge < -0.3 is 9.47 Å². The lowest BCUT2D eigenvalue weighted by Crippen LogP contribution is -2.25. The average molecular weight is 220 g/mol. The van der Waals surface area contributed by atoms with E-state index in [1.165, 1.54) is 6.92 Å². The first kappa shape index (κ1) is 10.7. The van der Waals surface area contributed by atoms with Gasteiger partial charge in [-0.25, -0.2) is 0 Å². The van der Waals surface area contributed by atoms with Crippen LogP contribution >= 0.6 is 0 Å². The number of carbonyl (C=O) groups is 2. The number of rotatable bonds is 1. The highest BCUT2D eigenvalue weighted by molar-refractivity contribution is 5.80. The molecule has 1 unspecified atom stereocenters. The molecule has 1 atom stereocenters. The molecule has 0 fully saturated rings. The summed E-state index contributed by atoms with van der Waals surface area (Å²) < 4.78 is 10.1. The molecule has 1 aromatic carbocycles. The summed E-state index contributed by atoms with van der Waals surface area (Å²) in [5.41, 5.74) is 0.894. The predicted molar refractivity (Wildman–Crippen MR) is 56.3 cm³/mol. The van der Waals surface area contributed by atoms with Crippen molar-refractivity contribution in [2.75, 3.05) is 0 Å². The fourth-order valence-corrected chi connectivity index (χ4v) is 1.69. The van der Waals surface area contributed by atoms with Crippen LogP contribution in [0, 0.1) is 5.92 Å². The molecule has 0 bridgehead atoms. The van der Waals surface area contributed by atoms with Gasteiger partial charge in [-0.05, 0) is 18.1 Å². The molecular formula is C12H12O4. The van der Waals surface area contributed by atoms with Crippen molar-refractivity contribution in [1.29, 1.82) is 0 Å². The van der Waals surface area contributed by atoms with Crippen molar-refractivity contribution in [2.24, 2.45) is 5.92 Å². The SMILES string of the molecule is CC(=O)Oc1cccc2c1OC(=O)C(C)C2. The third-order valence-corrected chi connectivity index (χ3v) is 2.45. The van der Waals surface area contributed by atoms with Gasteiger partial charge in [0.15, 0.2) is 11.5 Å². The second kappa shape index (κ2) is 3.96. The quantitative estimate of drug-likeness (QED) is 0.534. The van der Waals surface area contributed by atoms with Crippen LogP contribution in [-0.2, 0) is 16.0 Å². The Labute approximate surface area is 93.2 Å². The maximum atomic E-state index is 11.4. The summed E-state index contributed by atoms with van der Waals surface area (Å²) in [7, 11) is 0. The average Bonchev–Trinajstić information content (AvgIpc) is 2.20. The van der Waals surface area contributed by atoms with Gasteiger partial charge in [0, 0.05) is 6.92 Å². The molecule has 1 aliphatic heterocycles. The standard InChI is InChI=1S/C12H12O4/c1-7-6-9-4-3-5-10(15-8(2)13)11(9)16-12(7)14/h3-5,7H,6H2,1-2H3. The van der Waals surface area contributed by atoms with Gasteiger partial charge in [-0.3, -0.25) is 9.59 Å². The molecule has 1 heterocycles. The van der Waals surface area contributed by atoms with E-state index >= 15 is 0 Å². The summed E-state index contributed by atoms with van der Waals surface area (Å²) in [5.74, 6) is -0.179. The van der Waals surface area contributed by atoms with Crippen molar-refractivity contribution in [3.63, 3.8) is 0 Å². The van der Waals surface area contributed by atoms with Crippen molar-refractivity contribution in [2.45, 2.75) is 20.3 Å². The minimum atomic E-state index is -0.428. The lowest BCUT2D eigenvalue weighted by molar-refractivity contribution is -0.140. The van der Waals surface area contributed by atoms with Gasteiger partial charge in [0.2, 0.25) is 0 Å². The Bertz CT molecular complexity index is 450. The summed E-state index contributed by atoms with van der Waals surface area (Å²) >= 11 is 0. The second-order valence-corrected chi connectivity index (χ2v) is 3.86. The molecule has 0 aliphatic carbocycles. The maximum absolute atomic E-state index is 11.4. The summed E-state index contributed by atoms with van der Waals surface area (Å²) in [6.45, 7) is 3.12. The molecule has 0 saturated heterocycles. The minimum absolute atomic E-state index is 0.153. The van der Waals surface area contributed by atoms with E-state index in [-0.39, 0.29) is 11.9 Å². The summed E-state index contributed by atoms with van der Waals surface area (Å²) in [6.07, 6.45) is 0.614. The molecule has 16 heavy (non-hydrogen) atoms. The molecule has 0 spiro atoms. The molecule has 4 nitrogen and oxygen atoms in total. The molecule has 0 radical (unpaired) electrons. The highest BCUT2D eigenvalue weighted by Crippen LogP contribution is 2.36. The van der Waals surface area contributed by atoms with Gasteiger partial charge in [-0.15, -0.1) is 0 Å². The number of esters is 2. The molecule has 2 rings (SSSR count). The fourth-order valence-electron chi connectivity index (χ4n) is 1.69. The summed E-state index contributed by atoms with van der Waals surface area (Å²) in [5, 5.41) is 0. The topological polar surface area (TPSA) is 52.6 Å². The van der Waals surface area contributed by atoms with Crippen molar-refractivity contribution >= 4 is 11.9 Å². The Balaban J connectivity index is 2.40. The van der Waals surface area contributed by atoms with Crippen LogP contribution in [0.15, 0.2) is 18.2 Å². The molecule has 84 valence electrons. The third-order valence-electron chi connectivity index (χ3n) is 2.45. The lowest BCUT2D eigenvalue weighted by Gasteiger charge is -2.21. The van der Waals surface area contributed by atoms with E-state index in [1.54, 1.807) is 12.1 Å². The van der Waals surface area contributed by atoms with Gasteiger partial charge in [0.05, 0.1) is 5.92 Å². The van der Waals surface area contributed by atoms with Crippen LogP contribution in [0.5, 0.6) is 11.5 Å². The molecule has 4 heteroatoms. The second-order valence-electron chi connectivity index (χ2n) is 3.86. The molecule has 0 amide bonds. The molecular weight excluding hydrogens is 208 g/mol. The zero-order chi connectivity index (χ0) is 11.7. The van der Waals surface area contributed by atoms with E-state index in [0.717, 1.165) is 5.56 Å². The highest BCUT2D eigenvalue weighted by atomic mass is 16.6. The predicted octanol–water partition coefficient (Wildman–Crippen LogP) is 1.71. The molecule has 0 saturated carbocycles. The first-order chi connectivity index (χ1) is 7.58. The first-order valence-electron chi connectivity index (χ1n) is 5.10. The Hall–Kier alpha value is -1.84. The molecule has 0 aromatic heterocycles. The zero-order valence-electron chi connectivity index (χ0n) is 9.15. The number of para-hydroxylation sites is 1. The van der Waals surface area contributed by atoms with Gasteiger partial charge in [0.1, 0.15) is 0 Å². The van der Waals surface area contributed by atoms with E-state index < -0.39 is 5.97 Å². The van der Waals surface area contributed by atoms with Crippen LogP contribution in [0.3, 0.4) is 0 Å². The number of carbonyl (C=O) groups excluding carboxylic acids is 2. The maximum Gasteiger partial charge on any atom is 0.314 e. The largest absolute Gasteiger partial charge is 0.423 e. The Morgan fingerprint density at radius 1 is 1.50 bits per heavy atom. The van der Waals surface area contributed by atoms with E-state index in [1.807, 2.05) is 13.0 Å².